The molecule has 0 N–H and O–H groups in total. The lowest BCUT2D eigenvalue weighted by Gasteiger charge is -2.28. The Hall–Kier alpha value is -3.35. The largest absolute Gasteiger partial charge is 0.496 e. The van der Waals surface area contributed by atoms with Crippen LogP contribution in [0.2, 0.25) is 0 Å². The number of amides is 1. The molecule has 0 spiro atoms. The summed E-state index contributed by atoms with van der Waals surface area (Å²) in [6.07, 6.45) is 4.37. The number of benzene rings is 2. The van der Waals surface area contributed by atoms with E-state index >= 15 is 0 Å². The fourth-order valence-corrected chi connectivity index (χ4v) is 4.74. The van der Waals surface area contributed by atoms with Crippen LogP contribution < -0.4 is 4.74 Å². The number of carbonyl (C=O) groups excluding carboxylic acids is 2. The smallest absolute Gasteiger partial charge is 0.314 e. The zero-order chi connectivity index (χ0) is 25.0. The van der Waals surface area contributed by atoms with E-state index in [2.05, 4.69) is 5.10 Å². The molecule has 1 aliphatic carbocycles. The number of methoxy groups -OCH3 is 1. The number of rotatable bonds is 7. The summed E-state index contributed by atoms with van der Waals surface area (Å²) >= 11 is 0. The van der Waals surface area contributed by atoms with Gasteiger partial charge < -0.3 is 14.2 Å². The number of hydrazone groups is 1. The van der Waals surface area contributed by atoms with E-state index in [9.17, 15) is 9.59 Å². The van der Waals surface area contributed by atoms with Gasteiger partial charge in [-0.3, -0.25) is 9.59 Å². The molecule has 7 heteroatoms. The first-order valence-electron chi connectivity index (χ1n) is 12.2. The first kappa shape index (κ1) is 24.8. The highest BCUT2D eigenvalue weighted by molar-refractivity contribution is 6.00. The van der Waals surface area contributed by atoms with E-state index < -0.39 is 5.60 Å². The summed E-state index contributed by atoms with van der Waals surface area (Å²) in [5.74, 6) is 0.627. The summed E-state index contributed by atoms with van der Waals surface area (Å²) in [6.45, 7) is 5.93. The van der Waals surface area contributed by atoms with E-state index in [1.54, 1.807) is 7.11 Å². The maximum atomic E-state index is 13.1. The highest BCUT2D eigenvalue weighted by Crippen LogP contribution is 2.39. The Morgan fingerprint density at radius 3 is 2.46 bits per heavy atom. The number of nitrogens with zero attached hydrogens (tertiary/aromatic N) is 2. The van der Waals surface area contributed by atoms with Crippen molar-refractivity contribution in [2.24, 2.45) is 11.0 Å². The molecule has 1 atom stereocenters. The van der Waals surface area contributed by atoms with Crippen LogP contribution in [0.15, 0.2) is 53.6 Å². The second kappa shape index (κ2) is 10.5. The van der Waals surface area contributed by atoms with Gasteiger partial charge in [0.1, 0.15) is 11.4 Å². The van der Waals surface area contributed by atoms with Gasteiger partial charge in [-0.15, -0.1) is 5.10 Å². The molecule has 1 fully saturated rings. The van der Waals surface area contributed by atoms with Gasteiger partial charge in [0.15, 0.2) is 6.61 Å². The quantitative estimate of drug-likeness (QED) is 0.522. The number of para-hydroxylation sites is 1. The third-order valence-corrected chi connectivity index (χ3v) is 6.37. The molecule has 1 unspecified atom stereocenters. The zero-order valence-corrected chi connectivity index (χ0v) is 21.0. The first-order valence-corrected chi connectivity index (χ1v) is 12.2. The number of ether oxygens (including phenoxy) is 3. The second-order valence-electron chi connectivity index (χ2n) is 10.1. The van der Waals surface area contributed by atoms with Crippen molar-refractivity contribution in [1.29, 1.82) is 0 Å². The minimum atomic E-state index is -0.526. The molecule has 1 heterocycles. The van der Waals surface area contributed by atoms with E-state index in [4.69, 9.17) is 14.2 Å². The van der Waals surface area contributed by atoms with Crippen molar-refractivity contribution in [3.8, 4) is 5.75 Å². The lowest BCUT2D eigenvalue weighted by Crippen LogP contribution is -2.36. The molecule has 0 radical (unpaired) electrons. The SMILES string of the molecule is COc1ccccc1C1=NN(Cc2ccc(C(C(=O)OC(C)(C)C)C3CCCC3)cc2)C(=O)CO1. The summed E-state index contributed by atoms with van der Waals surface area (Å²) in [7, 11) is 1.59. The molecule has 35 heavy (non-hydrogen) atoms. The average molecular weight is 479 g/mol. The topological polar surface area (TPSA) is 77.4 Å². The standard InChI is InChI=1S/C28H34N2O5/c1-28(2,3)35-27(32)25(20-9-5-6-10-20)21-15-13-19(14-16-21)17-30-24(31)18-34-26(29-30)22-11-7-8-12-23(22)33-4/h7-8,11-16,20,25H,5-6,9-10,17-18H2,1-4H3. The van der Waals surface area contributed by atoms with Gasteiger partial charge in [-0.25, -0.2) is 5.01 Å². The maximum absolute atomic E-state index is 13.1. The number of hydrogen-bond acceptors (Lipinski definition) is 6. The van der Waals surface area contributed by atoms with Crippen molar-refractivity contribution in [1.82, 2.24) is 5.01 Å². The normalized spacial score (nSPS) is 17.5. The molecular weight excluding hydrogens is 444 g/mol. The van der Waals surface area contributed by atoms with Crippen LogP contribution in [0.25, 0.3) is 0 Å². The molecule has 2 aliphatic rings. The van der Waals surface area contributed by atoms with Crippen LogP contribution in [0.1, 0.15) is 69.1 Å². The van der Waals surface area contributed by atoms with Gasteiger partial charge in [-0.2, -0.15) is 0 Å². The van der Waals surface area contributed by atoms with Gasteiger partial charge in [-0.05, 0) is 62.8 Å². The molecule has 186 valence electrons. The molecule has 1 amide bonds. The van der Waals surface area contributed by atoms with Crippen molar-refractivity contribution >= 4 is 17.8 Å². The summed E-state index contributed by atoms with van der Waals surface area (Å²) in [5.41, 5.74) is 2.05. The van der Waals surface area contributed by atoms with Gasteiger partial charge in [0.05, 0.1) is 25.1 Å². The Balaban J connectivity index is 1.53. The van der Waals surface area contributed by atoms with E-state index in [0.717, 1.165) is 36.8 Å². The summed E-state index contributed by atoms with van der Waals surface area (Å²) in [6, 6.07) is 15.3. The Morgan fingerprint density at radius 2 is 1.80 bits per heavy atom. The Morgan fingerprint density at radius 1 is 1.11 bits per heavy atom. The van der Waals surface area contributed by atoms with E-state index in [-0.39, 0.29) is 24.4 Å². The maximum Gasteiger partial charge on any atom is 0.314 e. The Kier molecular flexibility index (Phi) is 7.43. The van der Waals surface area contributed by atoms with Crippen LogP contribution >= 0.6 is 0 Å². The van der Waals surface area contributed by atoms with E-state index in [1.807, 2.05) is 69.3 Å². The number of esters is 1. The molecule has 1 aliphatic heterocycles. The van der Waals surface area contributed by atoms with Gasteiger partial charge in [-0.1, -0.05) is 49.2 Å². The fraction of sp³-hybridized carbons (Fsp3) is 0.464. The van der Waals surface area contributed by atoms with Gasteiger partial charge in [0.2, 0.25) is 5.90 Å². The average Bonchev–Trinajstić information content (AvgIpc) is 3.35. The molecular formula is C28H34N2O5. The molecule has 1 saturated carbocycles. The molecule has 4 rings (SSSR count). The predicted molar refractivity (Wildman–Crippen MR) is 133 cm³/mol. The molecule has 0 saturated heterocycles. The van der Waals surface area contributed by atoms with Crippen LogP contribution in [0, 0.1) is 5.92 Å². The zero-order valence-electron chi connectivity index (χ0n) is 21.0. The summed E-state index contributed by atoms with van der Waals surface area (Å²) in [4.78, 5) is 25.6. The van der Waals surface area contributed by atoms with Crippen LogP contribution in [0.4, 0.5) is 0 Å². The van der Waals surface area contributed by atoms with E-state index in [0.29, 0.717) is 29.7 Å². The third kappa shape index (κ3) is 6.02. The Bertz CT molecular complexity index is 1080. The Labute approximate surface area is 207 Å². The molecule has 7 nitrogen and oxygen atoms in total. The van der Waals surface area contributed by atoms with Crippen molar-refractivity contribution in [3.05, 3.63) is 65.2 Å². The molecule has 0 bridgehead atoms. The summed E-state index contributed by atoms with van der Waals surface area (Å²) < 4.78 is 16.8. The van der Waals surface area contributed by atoms with Gasteiger partial charge in [0.25, 0.3) is 5.91 Å². The minimum absolute atomic E-state index is 0.0859. The molecule has 2 aromatic carbocycles. The first-order chi connectivity index (χ1) is 16.7. The number of carbonyl (C=O) groups is 2. The van der Waals surface area contributed by atoms with Gasteiger partial charge >= 0.3 is 5.97 Å². The van der Waals surface area contributed by atoms with Crippen molar-refractivity contribution in [2.75, 3.05) is 13.7 Å². The van der Waals surface area contributed by atoms with Crippen LogP contribution in [0.5, 0.6) is 5.75 Å². The molecule has 0 aromatic heterocycles. The van der Waals surface area contributed by atoms with Crippen molar-refractivity contribution in [2.45, 2.75) is 64.5 Å². The van der Waals surface area contributed by atoms with Gasteiger partial charge in [0, 0.05) is 0 Å². The van der Waals surface area contributed by atoms with Crippen LogP contribution in [-0.2, 0) is 25.6 Å². The highest BCUT2D eigenvalue weighted by Gasteiger charge is 2.35. The minimum Gasteiger partial charge on any atom is -0.496 e. The lowest BCUT2D eigenvalue weighted by atomic mass is 9.84. The van der Waals surface area contributed by atoms with Crippen LogP contribution in [-0.4, -0.2) is 42.1 Å². The van der Waals surface area contributed by atoms with Crippen molar-refractivity contribution < 1.29 is 23.8 Å². The lowest BCUT2D eigenvalue weighted by molar-refractivity contribution is -0.158. The molecule has 2 aromatic rings. The second-order valence-corrected chi connectivity index (χ2v) is 10.1. The van der Waals surface area contributed by atoms with E-state index in [1.165, 1.54) is 5.01 Å². The summed E-state index contributed by atoms with van der Waals surface area (Å²) in [5, 5.41) is 5.87. The third-order valence-electron chi connectivity index (χ3n) is 6.37. The number of hydrogen-bond donors (Lipinski definition) is 0. The highest BCUT2D eigenvalue weighted by atomic mass is 16.6. The fourth-order valence-electron chi connectivity index (χ4n) is 4.74. The predicted octanol–water partition coefficient (Wildman–Crippen LogP) is 5.03. The van der Waals surface area contributed by atoms with Crippen LogP contribution in [0.3, 0.4) is 0 Å². The monoisotopic (exact) mass is 478 g/mol. The van der Waals surface area contributed by atoms with Crippen molar-refractivity contribution in [3.63, 3.8) is 0 Å².